The van der Waals surface area contributed by atoms with E-state index in [2.05, 4.69) is 15.3 Å². The molecule has 4 rings (SSSR count). The van der Waals surface area contributed by atoms with Crippen molar-refractivity contribution in [1.82, 2.24) is 14.5 Å². The Morgan fingerprint density at radius 1 is 1.14 bits per heavy atom. The first kappa shape index (κ1) is 24.3. The van der Waals surface area contributed by atoms with Gasteiger partial charge in [0, 0.05) is 42.5 Å². The van der Waals surface area contributed by atoms with Crippen molar-refractivity contribution in [3.8, 4) is 11.1 Å². The normalized spacial score (nSPS) is 11.5. The topological polar surface area (TPSA) is 92.3 Å². The number of pyridine rings is 2. The van der Waals surface area contributed by atoms with E-state index in [1.54, 1.807) is 70.4 Å². The van der Waals surface area contributed by atoms with Gasteiger partial charge in [0.15, 0.2) is 5.65 Å². The summed E-state index contributed by atoms with van der Waals surface area (Å²) < 4.78 is 21.4. The highest BCUT2D eigenvalue weighted by Gasteiger charge is 2.21. The quantitative estimate of drug-likeness (QED) is 0.371. The van der Waals surface area contributed by atoms with Gasteiger partial charge in [-0.25, -0.2) is 18.7 Å². The average Bonchev–Trinajstić information content (AvgIpc) is 3.20. The van der Waals surface area contributed by atoms with Gasteiger partial charge < -0.3 is 19.9 Å². The lowest BCUT2D eigenvalue weighted by Gasteiger charge is -2.20. The van der Waals surface area contributed by atoms with Gasteiger partial charge in [-0.1, -0.05) is 11.6 Å². The number of anilines is 3. The Morgan fingerprint density at radius 3 is 2.57 bits per heavy atom. The van der Waals surface area contributed by atoms with Crippen LogP contribution in [-0.4, -0.2) is 40.3 Å². The molecule has 0 saturated carbocycles. The van der Waals surface area contributed by atoms with Crippen molar-refractivity contribution in [3.05, 3.63) is 70.0 Å². The molecular formula is C25H25ClFN5O3. The van der Waals surface area contributed by atoms with Gasteiger partial charge in [-0.05, 0) is 57.2 Å². The fraction of sp³-hybridized carbons (Fsp3) is 0.240. The van der Waals surface area contributed by atoms with Gasteiger partial charge >= 0.3 is 6.09 Å². The number of halogens is 2. The summed E-state index contributed by atoms with van der Waals surface area (Å²) in [7, 11) is 3.55. The number of hydrogen-bond donors (Lipinski definition) is 2. The lowest BCUT2D eigenvalue weighted by molar-refractivity contribution is 0.0543. The highest BCUT2D eigenvalue weighted by molar-refractivity contribution is 6.30. The zero-order valence-electron chi connectivity index (χ0n) is 19.9. The number of nitrogens with one attached hydrogen (secondary N) is 2. The molecule has 0 radical (unpaired) electrons. The third-order valence-electron chi connectivity index (χ3n) is 5.13. The maximum absolute atomic E-state index is 14.6. The zero-order chi connectivity index (χ0) is 25.5. The molecule has 0 spiro atoms. The van der Waals surface area contributed by atoms with E-state index in [1.165, 1.54) is 22.8 Å². The van der Waals surface area contributed by atoms with Gasteiger partial charge in [0.25, 0.3) is 5.56 Å². The summed E-state index contributed by atoms with van der Waals surface area (Å²) in [5.74, 6) is -0.0816. The summed E-state index contributed by atoms with van der Waals surface area (Å²) in [5, 5.41) is 4.26. The van der Waals surface area contributed by atoms with Crippen molar-refractivity contribution in [2.24, 2.45) is 0 Å². The number of benzene rings is 1. The Labute approximate surface area is 206 Å². The summed E-state index contributed by atoms with van der Waals surface area (Å²) in [6.45, 7) is 5.36. The summed E-state index contributed by atoms with van der Waals surface area (Å²) in [6, 6.07) is 9.10. The largest absolute Gasteiger partial charge is 0.443 e. The molecule has 0 atom stereocenters. The van der Waals surface area contributed by atoms with Gasteiger partial charge in [-0.2, -0.15) is 0 Å². The smallest absolute Gasteiger partial charge is 0.420 e. The van der Waals surface area contributed by atoms with Crippen molar-refractivity contribution in [2.75, 3.05) is 24.3 Å². The first-order valence-electron chi connectivity index (χ1n) is 10.8. The van der Waals surface area contributed by atoms with Crippen molar-refractivity contribution in [3.63, 3.8) is 0 Å². The summed E-state index contributed by atoms with van der Waals surface area (Å²) >= 11 is 6.05. The van der Waals surface area contributed by atoms with E-state index >= 15 is 0 Å². The number of carbonyl (C=O) groups excluding carboxylic acids is 1. The predicted molar refractivity (Wildman–Crippen MR) is 136 cm³/mol. The second-order valence-electron chi connectivity index (χ2n) is 9.18. The molecule has 3 aromatic heterocycles. The molecule has 10 heteroatoms. The Kier molecular flexibility index (Phi) is 6.29. The fourth-order valence-electron chi connectivity index (χ4n) is 3.62. The number of rotatable bonds is 4. The van der Waals surface area contributed by atoms with Crippen LogP contribution in [0, 0.1) is 5.82 Å². The van der Waals surface area contributed by atoms with Crippen LogP contribution in [0.2, 0.25) is 5.02 Å². The van der Waals surface area contributed by atoms with Crippen LogP contribution in [0.4, 0.5) is 26.4 Å². The lowest BCUT2D eigenvalue weighted by Crippen LogP contribution is -2.26. The maximum Gasteiger partial charge on any atom is 0.420 e. The monoisotopic (exact) mass is 497 g/mol. The van der Waals surface area contributed by atoms with Crippen LogP contribution in [0.15, 0.2) is 53.6 Å². The molecule has 0 bridgehead atoms. The molecule has 0 fully saturated rings. The molecule has 3 heterocycles. The first-order valence-corrected chi connectivity index (χ1v) is 11.2. The minimum Gasteiger partial charge on any atom is -0.443 e. The number of aromatic nitrogens is 3. The summed E-state index contributed by atoms with van der Waals surface area (Å²) in [6.07, 6.45) is 2.60. The molecule has 0 amide bonds. The van der Waals surface area contributed by atoms with Gasteiger partial charge in [0.1, 0.15) is 17.2 Å². The van der Waals surface area contributed by atoms with E-state index in [4.69, 9.17) is 16.3 Å². The van der Waals surface area contributed by atoms with Crippen LogP contribution in [0.5, 0.6) is 0 Å². The van der Waals surface area contributed by atoms with Crippen molar-refractivity contribution < 1.29 is 13.9 Å². The van der Waals surface area contributed by atoms with Crippen molar-refractivity contribution in [2.45, 2.75) is 26.4 Å². The van der Waals surface area contributed by atoms with Crippen LogP contribution in [0.1, 0.15) is 20.8 Å². The van der Waals surface area contributed by atoms with E-state index in [0.29, 0.717) is 33.2 Å². The van der Waals surface area contributed by atoms with Gasteiger partial charge in [-0.3, -0.25) is 4.79 Å². The molecular weight excluding hydrogens is 473 g/mol. The van der Waals surface area contributed by atoms with Crippen molar-refractivity contribution in [1.29, 1.82) is 0 Å². The van der Waals surface area contributed by atoms with Gasteiger partial charge in [-0.15, -0.1) is 0 Å². The fourth-order valence-corrected chi connectivity index (χ4v) is 3.80. The van der Waals surface area contributed by atoms with Crippen LogP contribution < -0.4 is 15.8 Å². The number of nitrogens with zero attached hydrogens (tertiary/aromatic N) is 3. The zero-order valence-corrected chi connectivity index (χ0v) is 20.7. The Bertz CT molecular complexity index is 1490. The Morgan fingerprint density at radius 2 is 1.89 bits per heavy atom. The molecule has 0 aliphatic heterocycles. The molecule has 1 aromatic carbocycles. The second kappa shape index (κ2) is 9.07. The second-order valence-corrected chi connectivity index (χ2v) is 9.62. The van der Waals surface area contributed by atoms with Gasteiger partial charge in [0.05, 0.1) is 16.9 Å². The number of aromatic amines is 1. The third kappa shape index (κ3) is 5.00. The summed E-state index contributed by atoms with van der Waals surface area (Å²) in [4.78, 5) is 34.3. The molecule has 4 aromatic rings. The molecule has 0 aliphatic carbocycles. The average molecular weight is 498 g/mol. The third-order valence-corrected chi connectivity index (χ3v) is 5.37. The van der Waals surface area contributed by atoms with Crippen LogP contribution in [-0.2, 0) is 4.74 Å². The Hall–Kier alpha value is -3.85. The minimum atomic E-state index is -0.661. The van der Waals surface area contributed by atoms with Crippen molar-refractivity contribution >= 4 is 45.9 Å². The number of carbonyl (C=O) groups is 1. The highest BCUT2D eigenvalue weighted by Crippen LogP contribution is 2.33. The van der Waals surface area contributed by atoms with E-state index in [1.807, 2.05) is 0 Å². The first-order chi connectivity index (χ1) is 16.4. The highest BCUT2D eigenvalue weighted by atomic mass is 35.5. The SMILES string of the molecule is CN(C)c1[nH]c(=O)c(-c2cc(Cl)ccc2F)cc1Nc1ccnc2c1ccn2C(=O)OC(C)(C)C. The number of fused-ring (bicyclic) bond motifs is 1. The molecule has 182 valence electrons. The van der Waals surface area contributed by atoms with Gasteiger partial charge in [0.2, 0.25) is 0 Å². The molecule has 8 nitrogen and oxygen atoms in total. The molecule has 35 heavy (non-hydrogen) atoms. The molecule has 0 unspecified atom stereocenters. The Balaban J connectivity index is 1.81. The van der Waals surface area contributed by atoms with E-state index in [0.717, 1.165) is 0 Å². The number of H-pyrrole nitrogens is 1. The number of ether oxygens (including phenoxy) is 1. The van der Waals surface area contributed by atoms with Crippen LogP contribution in [0.3, 0.4) is 0 Å². The molecule has 0 saturated heterocycles. The maximum atomic E-state index is 14.6. The van der Waals surface area contributed by atoms with Crippen LogP contribution >= 0.6 is 11.6 Å². The number of hydrogen-bond acceptors (Lipinski definition) is 6. The summed E-state index contributed by atoms with van der Waals surface area (Å²) in [5.41, 5.74) is 0.633. The molecule has 0 aliphatic rings. The molecule has 2 N–H and O–H groups in total. The van der Waals surface area contributed by atoms with E-state index in [9.17, 15) is 14.0 Å². The van der Waals surface area contributed by atoms with Crippen LogP contribution in [0.25, 0.3) is 22.2 Å². The predicted octanol–water partition coefficient (Wildman–Crippen LogP) is 5.78. The standard InChI is InChI=1S/C25H25ClFN5O3/c1-25(2,3)35-24(34)32-11-9-15-19(8-10-28-21(15)32)29-20-13-17(23(33)30-22(20)31(4)5)16-12-14(26)6-7-18(16)27/h6-13H,1-5H3,(H,28,29)(H,30,33). The van der Waals surface area contributed by atoms with E-state index in [-0.39, 0.29) is 11.1 Å². The minimum absolute atomic E-state index is 0.0862. The lowest BCUT2D eigenvalue weighted by atomic mass is 10.1. The van der Waals surface area contributed by atoms with E-state index < -0.39 is 23.1 Å².